The highest BCUT2D eigenvalue weighted by molar-refractivity contribution is 7.12. The Balaban J connectivity index is 1.55. The molecule has 0 saturated heterocycles. The van der Waals surface area contributed by atoms with E-state index in [0.29, 0.717) is 22.0 Å². The molecule has 3 aromatic rings. The molecule has 10 heteroatoms. The van der Waals surface area contributed by atoms with Crippen LogP contribution in [0.15, 0.2) is 71.2 Å². The Hall–Kier alpha value is -4.18. The maximum Gasteiger partial charge on any atom is 0.293 e. The Morgan fingerprint density at radius 2 is 1.76 bits per heavy atom. The molecule has 2 atom stereocenters. The fourth-order valence-electron chi connectivity index (χ4n) is 3.44. The summed E-state index contributed by atoms with van der Waals surface area (Å²) in [6.45, 7) is 1.43. The summed E-state index contributed by atoms with van der Waals surface area (Å²) in [5.41, 5.74) is 2.03. The fourth-order valence-corrected chi connectivity index (χ4v) is 4.08. The van der Waals surface area contributed by atoms with Crippen LogP contribution in [0, 0.1) is 0 Å². The number of benzodiazepines with no additional fused rings is 1. The second-order valence-electron chi connectivity index (χ2n) is 7.53. The zero-order chi connectivity index (χ0) is 24.2. The van der Waals surface area contributed by atoms with E-state index in [1.54, 1.807) is 42.9 Å². The average Bonchev–Trinajstić information content (AvgIpc) is 3.37. The van der Waals surface area contributed by atoms with Gasteiger partial charge in [-0.05, 0) is 13.0 Å². The van der Waals surface area contributed by atoms with Gasteiger partial charge in [0.1, 0.15) is 16.8 Å². The first kappa shape index (κ1) is 23.0. The van der Waals surface area contributed by atoms with Crippen molar-refractivity contribution in [2.24, 2.45) is 4.99 Å². The Bertz CT molecular complexity index is 1270. The average molecular weight is 476 g/mol. The molecular weight excluding hydrogens is 454 g/mol. The van der Waals surface area contributed by atoms with Gasteiger partial charge in [0.25, 0.3) is 11.8 Å². The molecule has 3 amide bonds. The summed E-state index contributed by atoms with van der Waals surface area (Å²) in [7, 11) is 1.60. The van der Waals surface area contributed by atoms with E-state index in [-0.39, 0.29) is 5.56 Å². The van der Waals surface area contributed by atoms with Gasteiger partial charge >= 0.3 is 0 Å². The molecule has 0 fully saturated rings. The number of Topliss-reactive ketones (excluding diaryl/α,β-unsaturated/α-hetero) is 1. The molecular formula is C24H21N5O4S. The van der Waals surface area contributed by atoms with E-state index >= 15 is 0 Å². The van der Waals surface area contributed by atoms with Crippen LogP contribution in [0.4, 0.5) is 5.69 Å². The van der Waals surface area contributed by atoms with E-state index in [2.05, 4.69) is 20.6 Å². The number of anilines is 1. The Morgan fingerprint density at radius 1 is 1.06 bits per heavy atom. The molecule has 0 saturated carbocycles. The highest BCUT2D eigenvalue weighted by Gasteiger charge is 2.33. The number of para-hydroxylation sites is 1. The molecule has 0 spiro atoms. The van der Waals surface area contributed by atoms with Crippen molar-refractivity contribution >= 4 is 46.2 Å². The molecule has 2 aromatic carbocycles. The summed E-state index contributed by atoms with van der Waals surface area (Å²) in [4.78, 5) is 60.9. The molecule has 0 radical (unpaired) electrons. The lowest BCUT2D eigenvalue weighted by molar-refractivity contribution is -0.129. The van der Waals surface area contributed by atoms with Crippen LogP contribution >= 0.6 is 11.3 Å². The van der Waals surface area contributed by atoms with Crippen molar-refractivity contribution in [1.29, 1.82) is 0 Å². The van der Waals surface area contributed by atoms with Crippen LogP contribution in [0.3, 0.4) is 0 Å². The lowest BCUT2D eigenvalue weighted by Crippen LogP contribution is -2.53. The number of amides is 3. The highest BCUT2D eigenvalue weighted by atomic mass is 32.1. The first-order valence-corrected chi connectivity index (χ1v) is 11.3. The van der Waals surface area contributed by atoms with Crippen molar-refractivity contribution in [2.75, 3.05) is 11.9 Å². The number of hydrogen-bond donors (Lipinski definition) is 2. The van der Waals surface area contributed by atoms with Crippen LogP contribution in [0.1, 0.15) is 27.9 Å². The van der Waals surface area contributed by atoms with Crippen LogP contribution in [0.25, 0.3) is 0 Å². The minimum absolute atomic E-state index is 0.212. The normalized spacial score (nSPS) is 16.1. The van der Waals surface area contributed by atoms with E-state index in [9.17, 15) is 19.2 Å². The Kier molecular flexibility index (Phi) is 6.60. The molecule has 0 bridgehead atoms. The number of likely N-dealkylation sites (N-methyl/N-ethyl adjacent to an activating group) is 1. The van der Waals surface area contributed by atoms with E-state index < -0.39 is 35.7 Å². The molecule has 1 unspecified atom stereocenters. The Labute approximate surface area is 199 Å². The van der Waals surface area contributed by atoms with Crippen molar-refractivity contribution in [3.05, 3.63) is 82.3 Å². The van der Waals surface area contributed by atoms with Crippen molar-refractivity contribution in [1.82, 2.24) is 15.6 Å². The lowest BCUT2D eigenvalue weighted by atomic mass is 10.1. The standard InChI is InChI=1S/C24H21N5O4S/c1-14(26-22(32)19(30)15-8-4-3-5-9-15)21(31)28-20-24(33)29(2)17-11-7-6-10-16(17)18(27-20)23-25-12-13-34-23/h3-14,20H,1-2H3,(H,26,32)(H,28,31)/t14-,20?/m0/s1. The summed E-state index contributed by atoms with van der Waals surface area (Å²) in [6, 6.07) is 14.2. The summed E-state index contributed by atoms with van der Waals surface area (Å²) in [5.74, 6) is -2.79. The maximum absolute atomic E-state index is 13.1. The molecule has 9 nitrogen and oxygen atoms in total. The minimum Gasteiger partial charge on any atom is -0.338 e. The number of nitrogens with zero attached hydrogens (tertiary/aromatic N) is 3. The smallest absolute Gasteiger partial charge is 0.293 e. The zero-order valence-electron chi connectivity index (χ0n) is 18.4. The third-order valence-corrected chi connectivity index (χ3v) is 6.02. The molecule has 2 heterocycles. The van der Waals surface area contributed by atoms with Gasteiger partial charge in [-0.1, -0.05) is 48.5 Å². The van der Waals surface area contributed by atoms with Gasteiger partial charge in [-0.3, -0.25) is 19.2 Å². The molecule has 1 aromatic heterocycles. The Morgan fingerprint density at radius 3 is 2.47 bits per heavy atom. The van der Waals surface area contributed by atoms with Crippen LogP contribution in [0.2, 0.25) is 0 Å². The quantitative estimate of drug-likeness (QED) is 0.416. The van der Waals surface area contributed by atoms with E-state index in [0.717, 1.165) is 0 Å². The minimum atomic E-state index is -1.24. The SMILES string of the molecule is C[C@H](NC(=O)C(=O)c1ccccc1)C(=O)NC1N=C(c2nccs2)c2ccccc2N(C)C1=O. The number of fused-ring (bicyclic) bond motifs is 1. The number of carbonyl (C=O) groups is 4. The first-order valence-electron chi connectivity index (χ1n) is 10.4. The van der Waals surface area contributed by atoms with Gasteiger partial charge < -0.3 is 15.5 Å². The number of nitrogens with one attached hydrogen (secondary N) is 2. The predicted octanol–water partition coefficient (Wildman–Crippen LogP) is 1.79. The number of ketones is 1. The lowest BCUT2D eigenvalue weighted by Gasteiger charge is -2.22. The predicted molar refractivity (Wildman–Crippen MR) is 128 cm³/mol. The van der Waals surface area contributed by atoms with Gasteiger partial charge in [-0.25, -0.2) is 9.98 Å². The summed E-state index contributed by atoms with van der Waals surface area (Å²) in [6.07, 6.45) is 0.393. The van der Waals surface area contributed by atoms with Crippen LogP contribution in [-0.4, -0.2) is 53.5 Å². The van der Waals surface area contributed by atoms with E-state index in [1.165, 1.54) is 35.3 Å². The summed E-state index contributed by atoms with van der Waals surface area (Å²) >= 11 is 1.36. The van der Waals surface area contributed by atoms with Crippen molar-refractivity contribution in [3.63, 3.8) is 0 Å². The van der Waals surface area contributed by atoms with Gasteiger partial charge in [0.2, 0.25) is 17.9 Å². The number of rotatable bonds is 6. The van der Waals surface area contributed by atoms with Crippen molar-refractivity contribution in [2.45, 2.75) is 19.1 Å². The van der Waals surface area contributed by atoms with Crippen LogP contribution < -0.4 is 15.5 Å². The molecule has 34 heavy (non-hydrogen) atoms. The van der Waals surface area contributed by atoms with Gasteiger partial charge in [0, 0.05) is 29.8 Å². The number of thiazole rings is 1. The van der Waals surface area contributed by atoms with Crippen molar-refractivity contribution < 1.29 is 19.2 Å². The molecule has 4 rings (SSSR count). The van der Waals surface area contributed by atoms with E-state index in [1.807, 2.05) is 18.2 Å². The molecule has 1 aliphatic rings. The molecule has 0 aliphatic carbocycles. The van der Waals surface area contributed by atoms with Gasteiger partial charge in [-0.2, -0.15) is 0 Å². The summed E-state index contributed by atoms with van der Waals surface area (Å²) < 4.78 is 0. The molecule has 2 N–H and O–H groups in total. The van der Waals surface area contributed by atoms with Gasteiger partial charge in [-0.15, -0.1) is 11.3 Å². The van der Waals surface area contributed by atoms with Gasteiger partial charge in [0.05, 0.1) is 5.69 Å². The van der Waals surface area contributed by atoms with Crippen molar-refractivity contribution in [3.8, 4) is 0 Å². The van der Waals surface area contributed by atoms with Crippen LogP contribution in [-0.2, 0) is 14.4 Å². The van der Waals surface area contributed by atoms with E-state index in [4.69, 9.17) is 0 Å². The second kappa shape index (κ2) is 9.75. The zero-order valence-corrected chi connectivity index (χ0v) is 19.2. The third kappa shape index (κ3) is 4.62. The molecule has 172 valence electrons. The van der Waals surface area contributed by atoms with Gasteiger partial charge in [0.15, 0.2) is 0 Å². The number of hydrogen-bond acceptors (Lipinski definition) is 7. The monoisotopic (exact) mass is 475 g/mol. The fraction of sp³-hybridized carbons (Fsp3) is 0.167. The maximum atomic E-state index is 13.1. The number of aromatic nitrogens is 1. The second-order valence-corrected chi connectivity index (χ2v) is 8.43. The first-order chi connectivity index (χ1) is 16.4. The summed E-state index contributed by atoms with van der Waals surface area (Å²) in [5, 5.41) is 7.36. The largest absolute Gasteiger partial charge is 0.338 e. The number of benzene rings is 2. The highest BCUT2D eigenvalue weighted by Crippen LogP contribution is 2.27. The third-order valence-electron chi connectivity index (χ3n) is 5.24. The molecule has 1 aliphatic heterocycles. The van der Waals surface area contributed by atoms with Crippen LogP contribution in [0.5, 0.6) is 0 Å². The number of aliphatic imine (C=N–C) groups is 1. The topological polar surface area (TPSA) is 121 Å². The number of carbonyl (C=O) groups excluding carboxylic acids is 4.